The van der Waals surface area contributed by atoms with Crippen molar-refractivity contribution in [3.63, 3.8) is 0 Å². The highest BCUT2D eigenvalue weighted by Gasteiger charge is 2.13. The minimum atomic E-state index is -0.959. The number of hydrogen-bond acceptors (Lipinski definition) is 4. The molecular weight excluding hydrogens is 296 g/mol. The molecule has 0 atom stereocenters. The third-order valence-corrected chi connectivity index (χ3v) is 4.13. The normalized spacial score (nSPS) is 10.4. The van der Waals surface area contributed by atoms with Crippen LogP contribution in [0.4, 0.5) is 10.8 Å². The van der Waals surface area contributed by atoms with Crippen LogP contribution in [0, 0.1) is 6.92 Å². The van der Waals surface area contributed by atoms with Crippen LogP contribution in [0.15, 0.2) is 54.6 Å². The van der Waals surface area contributed by atoms with Gasteiger partial charge in [0.05, 0.1) is 16.9 Å². The first-order valence-electron chi connectivity index (χ1n) is 6.77. The van der Waals surface area contributed by atoms with E-state index in [-0.39, 0.29) is 5.56 Å². The third kappa shape index (κ3) is 2.84. The minimum Gasteiger partial charge on any atom is -0.478 e. The molecule has 1 heterocycles. The van der Waals surface area contributed by atoms with Crippen LogP contribution >= 0.6 is 11.3 Å². The molecule has 0 bridgehead atoms. The van der Waals surface area contributed by atoms with Crippen LogP contribution in [-0.4, -0.2) is 16.1 Å². The minimum absolute atomic E-state index is 0.233. The Morgan fingerprint density at radius 2 is 1.77 bits per heavy atom. The molecule has 110 valence electrons. The predicted molar refractivity (Wildman–Crippen MR) is 89.0 cm³/mol. The largest absolute Gasteiger partial charge is 0.478 e. The fourth-order valence-electron chi connectivity index (χ4n) is 2.21. The molecule has 0 aliphatic heterocycles. The number of rotatable bonds is 4. The van der Waals surface area contributed by atoms with Crippen molar-refractivity contribution in [3.8, 4) is 11.3 Å². The van der Waals surface area contributed by atoms with E-state index in [0.717, 1.165) is 16.1 Å². The second-order valence-corrected chi connectivity index (χ2v) is 5.97. The zero-order chi connectivity index (χ0) is 15.5. The quantitative estimate of drug-likeness (QED) is 0.741. The zero-order valence-corrected chi connectivity index (χ0v) is 12.7. The lowest BCUT2D eigenvalue weighted by Crippen LogP contribution is -2.02. The zero-order valence-electron chi connectivity index (χ0n) is 11.9. The Balaban J connectivity index is 1.94. The summed E-state index contributed by atoms with van der Waals surface area (Å²) >= 11 is 1.51. The van der Waals surface area contributed by atoms with Gasteiger partial charge in [-0.05, 0) is 19.1 Å². The molecule has 0 radical (unpaired) electrons. The number of nitrogens with zero attached hydrogens (tertiary/aromatic N) is 1. The number of anilines is 2. The molecule has 3 rings (SSSR count). The summed E-state index contributed by atoms with van der Waals surface area (Å²) < 4.78 is 0. The lowest BCUT2D eigenvalue weighted by Gasteiger charge is -2.06. The summed E-state index contributed by atoms with van der Waals surface area (Å²) in [5.41, 5.74) is 2.75. The molecule has 0 fully saturated rings. The van der Waals surface area contributed by atoms with Gasteiger partial charge in [-0.2, -0.15) is 0 Å². The van der Waals surface area contributed by atoms with E-state index < -0.39 is 5.97 Å². The SMILES string of the molecule is Cc1sc(Nc2ccccc2C(=O)O)nc1-c1ccccc1. The Hall–Kier alpha value is -2.66. The molecule has 0 amide bonds. The highest BCUT2D eigenvalue weighted by molar-refractivity contribution is 7.16. The number of aryl methyl sites for hydroxylation is 1. The molecule has 2 N–H and O–H groups in total. The molecule has 0 saturated carbocycles. The van der Waals surface area contributed by atoms with Crippen LogP contribution in [0.25, 0.3) is 11.3 Å². The molecule has 5 heteroatoms. The van der Waals surface area contributed by atoms with Crippen molar-refractivity contribution >= 4 is 28.1 Å². The number of hydrogen-bond donors (Lipinski definition) is 2. The van der Waals surface area contributed by atoms with E-state index in [2.05, 4.69) is 10.3 Å². The summed E-state index contributed by atoms with van der Waals surface area (Å²) in [6.07, 6.45) is 0. The van der Waals surface area contributed by atoms with Crippen LogP contribution in [0.5, 0.6) is 0 Å². The van der Waals surface area contributed by atoms with Crippen molar-refractivity contribution in [2.45, 2.75) is 6.92 Å². The van der Waals surface area contributed by atoms with Crippen LogP contribution < -0.4 is 5.32 Å². The number of carboxylic acid groups (broad SMARTS) is 1. The molecule has 0 aliphatic carbocycles. The Kier molecular flexibility index (Phi) is 3.89. The molecule has 4 nitrogen and oxygen atoms in total. The molecule has 1 aromatic heterocycles. The van der Waals surface area contributed by atoms with Crippen molar-refractivity contribution < 1.29 is 9.90 Å². The van der Waals surface area contributed by atoms with Gasteiger partial charge in [-0.3, -0.25) is 0 Å². The van der Waals surface area contributed by atoms with Crippen LogP contribution in [0.2, 0.25) is 0 Å². The smallest absolute Gasteiger partial charge is 0.337 e. The van der Waals surface area contributed by atoms with E-state index in [9.17, 15) is 9.90 Å². The van der Waals surface area contributed by atoms with E-state index in [4.69, 9.17) is 0 Å². The summed E-state index contributed by atoms with van der Waals surface area (Å²) in [5.74, 6) is -0.959. The second kappa shape index (κ2) is 5.99. The Morgan fingerprint density at radius 3 is 2.50 bits per heavy atom. The van der Waals surface area contributed by atoms with Gasteiger partial charge in [0.25, 0.3) is 0 Å². The van der Waals surface area contributed by atoms with Crippen LogP contribution in [-0.2, 0) is 0 Å². The monoisotopic (exact) mass is 310 g/mol. The Labute approximate surface area is 132 Å². The molecule has 22 heavy (non-hydrogen) atoms. The van der Waals surface area contributed by atoms with Gasteiger partial charge in [0.1, 0.15) is 0 Å². The Morgan fingerprint density at radius 1 is 1.09 bits per heavy atom. The van der Waals surface area contributed by atoms with Gasteiger partial charge >= 0.3 is 5.97 Å². The number of carbonyl (C=O) groups is 1. The molecule has 0 saturated heterocycles. The van der Waals surface area contributed by atoms with Crippen molar-refractivity contribution in [2.75, 3.05) is 5.32 Å². The molecule has 0 aliphatic rings. The fraction of sp³-hybridized carbons (Fsp3) is 0.0588. The standard InChI is InChI=1S/C17H14N2O2S/c1-11-15(12-7-3-2-4-8-12)19-17(22-11)18-14-10-6-5-9-13(14)16(20)21/h2-10H,1H3,(H,18,19)(H,20,21). The maximum atomic E-state index is 11.2. The van der Waals surface area contributed by atoms with Gasteiger partial charge in [0.15, 0.2) is 5.13 Å². The van der Waals surface area contributed by atoms with Crippen molar-refractivity contribution in [1.82, 2.24) is 4.98 Å². The predicted octanol–water partition coefficient (Wildman–Crippen LogP) is 4.56. The molecule has 2 aromatic carbocycles. The van der Waals surface area contributed by atoms with Gasteiger partial charge in [-0.1, -0.05) is 42.5 Å². The van der Waals surface area contributed by atoms with Gasteiger partial charge in [0.2, 0.25) is 0 Å². The van der Waals surface area contributed by atoms with E-state index in [1.807, 2.05) is 37.3 Å². The number of nitrogens with one attached hydrogen (secondary N) is 1. The molecule has 0 spiro atoms. The van der Waals surface area contributed by atoms with Gasteiger partial charge in [-0.15, -0.1) is 11.3 Å². The lowest BCUT2D eigenvalue weighted by atomic mass is 10.1. The topological polar surface area (TPSA) is 62.2 Å². The highest BCUT2D eigenvalue weighted by atomic mass is 32.1. The van der Waals surface area contributed by atoms with Crippen molar-refractivity contribution in [1.29, 1.82) is 0 Å². The first-order valence-corrected chi connectivity index (χ1v) is 7.59. The fourth-order valence-corrected chi connectivity index (χ4v) is 3.06. The second-order valence-electron chi connectivity index (χ2n) is 4.77. The van der Waals surface area contributed by atoms with E-state index >= 15 is 0 Å². The third-order valence-electron chi connectivity index (χ3n) is 3.24. The van der Waals surface area contributed by atoms with Crippen LogP contribution in [0.1, 0.15) is 15.2 Å². The number of carboxylic acids is 1. The summed E-state index contributed by atoms with van der Waals surface area (Å²) in [7, 11) is 0. The Bertz CT molecular complexity index is 813. The summed E-state index contributed by atoms with van der Waals surface area (Å²) in [5, 5.41) is 13.0. The first-order chi connectivity index (χ1) is 10.6. The first kappa shape index (κ1) is 14.3. The van der Waals surface area contributed by atoms with E-state index in [0.29, 0.717) is 10.8 Å². The summed E-state index contributed by atoms with van der Waals surface area (Å²) in [6.45, 7) is 2.01. The lowest BCUT2D eigenvalue weighted by molar-refractivity contribution is 0.0698. The van der Waals surface area contributed by atoms with E-state index in [1.165, 1.54) is 11.3 Å². The maximum absolute atomic E-state index is 11.2. The number of thiazole rings is 1. The number of benzene rings is 2. The number of aromatic nitrogens is 1. The van der Waals surface area contributed by atoms with Gasteiger partial charge < -0.3 is 10.4 Å². The molecule has 3 aromatic rings. The summed E-state index contributed by atoms with van der Waals surface area (Å²) in [4.78, 5) is 16.9. The molecule has 0 unspecified atom stereocenters. The number of aromatic carboxylic acids is 1. The van der Waals surface area contributed by atoms with Crippen LogP contribution in [0.3, 0.4) is 0 Å². The van der Waals surface area contributed by atoms with Crippen molar-refractivity contribution in [2.24, 2.45) is 0 Å². The van der Waals surface area contributed by atoms with Crippen molar-refractivity contribution in [3.05, 3.63) is 65.0 Å². The summed E-state index contributed by atoms with van der Waals surface area (Å²) in [6, 6.07) is 16.7. The average Bonchev–Trinajstić information content (AvgIpc) is 2.89. The average molecular weight is 310 g/mol. The number of para-hydroxylation sites is 1. The maximum Gasteiger partial charge on any atom is 0.337 e. The molecular formula is C17H14N2O2S. The highest BCUT2D eigenvalue weighted by Crippen LogP contribution is 2.32. The van der Waals surface area contributed by atoms with Gasteiger partial charge in [-0.25, -0.2) is 9.78 Å². The van der Waals surface area contributed by atoms with E-state index in [1.54, 1.807) is 24.3 Å². The van der Waals surface area contributed by atoms with Gasteiger partial charge in [0, 0.05) is 10.4 Å².